The number of aliphatic imine (C=N–C) groups is 1. The molecule has 0 bridgehead atoms. The van der Waals surface area contributed by atoms with Crippen LogP contribution in [-0.2, 0) is 6.42 Å². The van der Waals surface area contributed by atoms with Crippen LogP contribution in [0, 0.1) is 0 Å². The Morgan fingerprint density at radius 3 is 2.87 bits per heavy atom. The van der Waals surface area contributed by atoms with Gasteiger partial charge in [0.1, 0.15) is 5.69 Å². The second-order valence-corrected chi connectivity index (χ2v) is 8.38. The van der Waals surface area contributed by atoms with Crippen LogP contribution in [0.2, 0.25) is 0 Å². The lowest BCUT2D eigenvalue weighted by Gasteiger charge is -2.25. The summed E-state index contributed by atoms with van der Waals surface area (Å²) in [6.45, 7) is 6.59. The highest BCUT2D eigenvalue weighted by molar-refractivity contribution is 7.10. The number of hydrogen-bond acceptors (Lipinski definition) is 7. The maximum Gasteiger partial charge on any atom is 0.276 e. The summed E-state index contributed by atoms with van der Waals surface area (Å²) in [5.41, 5.74) is 0.686. The van der Waals surface area contributed by atoms with E-state index in [4.69, 9.17) is 9.52 Å². The molecule has 3 aromatic heterocycles. The van der Waals surface area contributed by atoms with E-state index in [0.717, 1.165) is 32.1 Å². The average molecular weight is 440 g/mol. The molecule has 0 spiro atoms. The van der Waals surface area contributed by atoms with Crippen molar-refractivity contribution in [1.82, 2.24) is 30.7 Å². The van der Waals surface area contributed by atoms with Gasteiger partial charge in [-0.1, -0.05) is 17.3 Å². The molecule has 1 atom stereocenters. The summed E-state index contributed by atoms with van der Waals surface area (Å²) < 4.78 is 5.33. The van der Waals surface area contributed by atoms with Crippen molar-refractivity contribution in [3.8, 4) is 11.6 Å². The highest BCUT2D eigenvalue weighted by Gasteiger charge is 2.24. The molecule has 8 nitrogen and oxygen atoms in total. The van der Waals surface area contributed by atoms with Crippen molar-refractivity contribution in [2.45, 2.75) is 32.2 Å². The first kappa shape index (κ1) is 21.5. The van der Waals surface area contributed by atoms with Crippen molar-refractivity contribution < 1.29 is 4.52 Å². The van der Waals surface area contributed by atoms with Gasteiger partial charge in [-0.2, -0.15) is 4.98 Å². The molecule has 4 heterocycles. The van der Waals surface area contributed by atoms with E-state index in [2.05, 4.69) is 55.1 Å². The Hall–Kier alpha value is -2.78. The van der Waals surface area contributed by atoms with Crippen LogP contribution < -0.4 is 10.6 Å². The normalized spacial score (nSPS) is 15.8. The average Bonchev–Trinajstić information content (AvgIpc) is 3.58. The summed E-state index contributed by atoms with van der Waals surface area (Å²) in [4.78, 5) is 17.5. The maximum absolute atomic E-state index is 5.33. The van der Waals surface area contributed by atoms with Gasteiger partial charge in [-0.05, 0) is 56.4 Å². The SMILES string of the molecule is CCNC(=NCC(c1cccs1)N1CCCC1)NCCc1noc(-c2ccccn2)n1. The van der Waals surface area contributed by atoms with Crippen LogP contribution in [0.1, 0.15) is 36.5 Å². The van der Waals surface area contributed by atoms with Crippen LogP contribution in [0.3, 0.4) is 0 Å². The van der Waals surface area contributed by atoms with E-state index in [9.17, 15) is 0 Å². The predicted octanol–water partition coefficient (Wildman–Crippen LogP) is 3.13. The molecule has 1 aliphatic rings. The molecule has 0 aliphatic carbocycles. The first-order valence-corrected chi connectivity index (χ1v) is 11.7. The molecule has 1 saturated heterocycles. The Bertz CT molecular complexity index is 936. The molecule has 0 amide bonds. The van der Waals surface area contributed by atoms with E-state index in [-0.39, 0.29) is 0 Å². The van der Waals surface area contributed by atoms with Crippen molar-refractivity contribution in [2.24, 2.45) is 4.99 Å². The van der Waals surface area contributed by atoms with Crippen molar-refractivity contribution >= 4 is 17.3 Å². The van der Waals surface area contributed by atoms with Crippen LogP contribution in [0.5, 0.6) is 0 Å². The highest BCUT2D eigenvalue weighted by atomic mass is 32.1. The quantitative estimate of drug-likeness (QED) is 0.391. The zero-order valence-electron chi connectivity index (χ0n) is 17.8. The van der Waals surface area contributed by atoms with Gasteiger partial charge in [0.2, 0.25) is 0 Å². The first-order chi connectivity index (χ1) is 15.3. The van der Waals surface area contributed by atoms with Crippen molar-refractivity contribution in [3.63, 3.8) is 0 Å². The van der Waals surface area contributed by atoms with Gasteiger partial charge in [0.15, 0.2) is 11.8 Å². The van der Waals surface area contributed by atoms with Gasteiger partial charge < -0.3 is 15.2 Å². The Morgan fingerprint density at radius 1 is 1.23 bits per heavy atom. The van der Waals surface area contributed by atoms with E-state index < -0.39 is 0 Å². The summed E-state index contributed by atoms with van der Waals surface area (Å²) in [6.07, 6.45) is 4.90. The highest BCUT2D eigenvalue weighted by Crippen LogP contribution is 2.28. The number of nitrogens with one attached hydrogen (secondary N) is 2. The molecular weight excluding hydrogens is 410 g/mol. The van der Waals surface area contributed by atoms with Crippen LogP contribution in [-0.4, -0.2) is 58.7 Å². The molecule has 4 rings (SSSR count). The van der Waals surface area contributed by atoms with Crippen LogP contribution >= 0.6 is 11.3 Å². The number of guanidine groups is 1. The van der Waals surface area contributed by atoms with Gasteiger partial charge >= 0.3 is 0 Å². The molecule has 1 fully saturated rings. The summed E-state index contributed by atoms with van der Waals surface area (Å²) >= 11 is 1.81. The van der Waals surface area contributed by atoms with E-state index in [0.29, 0.717) is 36.4 Å². The van der Waals surface area contributed by atoms with Gasteiger partial charge in [-0.25, -0.2) is 0 Å². The Kier molecular flexibility index (Phi) is 7.62. The molecule has 0 aromatic carbocycles. The molecule has 3 aromatic rings. The summed E-state index contributed by atoms with van der Waals surface area (Å²) in [7, 11) is 0. The fraction of sp³-hybridized carbons (Fsp3) is 0.455. The van der Waals surface area contributed by atoms with E-state index in [1.807, 2.05) is 29.5 Å². The van der Waals surface area contributed by atoms with E-state index in [1.54, 1.807) is 6.20 Å². The van der Waals surface area contributed by atoms with Crippen LogP contribution in [0.4, 0.5) is 0 Å². The molecule has 31 heavy (non-hydrogen) atoms. The second kappa shape index (κ2) is 11.0. The Labute approximate surface area is 186 Å². The van der Waals surface area contributed by atoms with E-state index >= 15 is 0 Å². The van der Waals surface area contributed by atoms with Gasteiger partial charge in [0, 0.05) is 30.6 Å². The number of thiophene rings is 1. The van der Waals surface area contributed by atoms with Gasteiger partial charge in [-0.15, -0.1) is 11.3 Å². The zero-order valence-corrected chi connectivity index (χ0v) is 18.6. The van der Waals surface area contributed by atoms with Crippen LogP contribution in [0.25, 0.3) is 11.6 Å². The predicted molar refractivity (Wildman–Crippen MR) is 123 cm³/mol. The standard InChI is InChI=1S/C22H29N7OS/c1-2-23-22(26-16-18(19-9-7-15-31-19)29-13-5-6-14-29)25-12-10-20-27-21(30-28-20)17-8-3-4-11-24-17/h3-4,7-9,11,15,18H,2,5-6,10,12-14,16H2,1H3,(H2,23,25,26). The number of rotatable bonds is 9. The first-order valence-electron chi connectivity index (χ1n) is 10.9. The zero-order chi connectivity index (χ0) is 21.3. The lowest BCUT2D eigenvalue weighted by Crippen LogP contribution is -2.39. The molecule has 0 saturated carbocycles. The van der Waals surface area contributed by atoms with E-state index in [1.165, 1.54) is 17.7 Å². The monoisotopic (exact) mass is 439 g/mol. The topological polar surface area (TPSA) is 91.5 Å². The fourth-order valence-electron chi connectivity index (χ4n) is 3.68. The van der Waals surface area contributed by atoms with Gasteiger partial charge in [0.25, 0.3) is 5.89 Å². The molecule has 1 unspecified atom stereocenters. The minimum absolute atomic E-state index is 0.344. The number of hydrogen-bond donors (Lipinski definition) is 2. The van der Waals surface area contributed by atoms with Crippen molar-refractivity contribution in [1.29, 1.82) is 0 Å². The number of aromatic nitrogens is 3. The molecule has 1 aliphatic heterocycles. The molecule has 164 valence electrons. The van der Waals surface area contributed by atoms with Crippen molar-refractivity contribution in [2.75, 3.05) is 32.7 Å². The maximum atomic E-state index is 5.33. The Balaban J connectivity index is 1.34. The molecule has 0 radical (unpaired) electrons. The fourth-order valence-corrected chi connectivity index (χ4v) is 4.53. The molecular formula is C22H29N7OS. The van der Waals surface area contributed by atoms with Crippen LogP contribution in [0.15, 0.2) is 51.4 Å². The third-order valence-corrected chi connectivity index (χ3v) is 6.19. The minimum atomic E-state index is 0.344. The number of nitrogens with zero attached hydrogens (tertiary/aromatic N) is 5. The number of likely N-dealkylation sites (tertiary alicyclic amines) is 1. The van der Waals surface area contributed by atoms with Gasteiger partial charge in [0.05, 0.1) is 12.6 Å². The summed E-state index contributed by atoms with van der Waals surface area (Å²) in [6, 6.07) is 10.3. The summed E-state index contributed by atoms with van der Waals surface area (Å²) in [5, 5.41) is 12.9. The molecule has 2 N–H and O–H groups in total. The third kappa shape index (κ3) is 5.89. The minimum Gasteiger partial charge on any atom is -0.357 e. The summed E-state index contributed by atoms with van der Waals surface area (Å²) in [5.74, 6) is 1.91. The number of pyridine rings is 1. The lowest BCUT2D eigenvalue weighted by molar-refractivity contribution is 0.255. The lowest BCUT2D eigenvalue weighted by atomic mass is 10.2. The second-order valence-electron chi connectivity index (χ2n) is 7.40. The largest absolute Gasteiger partial charge is 0.357 e. The Morgan fingerprint density at radius 2 is 2.13 bits per heavy atom. The van der Waals surface area contributed by atoms with Crippen molar-refractivity contribution in [3.05, 3.63) is 52.6 Å². The van der Waals surface area contributed by atoms with Gasteiger partial charge in [-0.3, -0.25) is 14.9 Å². The third-order valence-electron chi connectivity index (χ3n) is 5.21. The molecule has 9 heteroatoms. The smallest absolute Gasteiger partial charge is 0.276 e.